The number of hydrogen-bond donors (Lipinski definition) is 0. The Morgan fingerprint density at radius 3 is 2.66 bits per heavy atom. The van der Waals surface area contributed by atoms with Gasteiger partial charge in [-0.25, -0.2) is 4.98 Å². The van der Waals surface area contributed by atoms with Gasteiger partial charge in [-0.05, 0) is 62.9 Å². The molecule has 6 heteroatoms. The molecule has 0 aliphatic rings. The smallest absolute Gasteiger partial charge is 0.306 e. The van der Waals surface area contributed by atoms with E-state index >= 15 is 0 Å². The van der Waals surface area contributed by atoms with Crippen LogP contribution >= 0.6 is 11.6 Å². The van der Waals surface area contributed by atoms with Crippen molar-refractivity contribution in [3.8, 4) is 17.1 Å². The number of benzene rings is 2. The van der Waals surface area contributed by atoms with E-state index in [1.165, 1.54) is 0 Å². The summed E-state index contributed by atoms with van der Waals surface area (Å²) in [5.41, 5.74) is 3.21. The third-order valence-corrected chi connectivity index (χ3v) is 5.63. The van der Waals surface area contributed by atoms with Crippen LogP contribution in [0.5, 0.6) is 5.75 Å². The molecule has 0 unspecified atom stereocenters. The lowest BCUT2D eigenvalue weighted by Crippen LogP contribution is -2.11. The standard InChI is InChI=1S/C26H31ClN2O3/c1-4-31-25(30)16-19(2)8-7-15-32-24-10-6-5-9-22(24)18-29-20(3)17-28-26(29)21-11-13-23(27)14-12-21/h5-6,9-14,17,19H,4,7-8,15-16,18H2,1-3H3/t19-/m1/s1. The van der Waals surface area contributed by atoms with Gasteiger partial charge in [-0.15, -0.1) is 0 Å². The lowest BCUT2D eigenvalue weighted by atomic mass is 10.0. The Hall–Kier alpha value is -2.79. The summed E-state index contributed by atoms with van der Waals surface area (Å²) in [5.74, 6) is 1.93. The van der Waals surface area contributed by atoms with Crippen molar-refractivity contribution in [2.45, 2.75) is 46.6 Å². The van der Waals surface area contributed by atoms with Crippen molar-refractivity contribution in [3.05, 3.63) is 71.0 Å². The molecule has 0 saturated carbocycles. The first-order valence-corrected chi connectivity index (χ1v) is 11.5. The number of halogens is 1. The van der Waals surface area contributed by atoms with Crippen LogP contribution in [0.25, 0.3) is 11.4 Å². The van der Waals surface area contributed by atoms with E-state index in [1.807, 2.05) is 55.6 Å². The maximum absolute atomic E-state index is 11.6. The lowest BCUT2D eigenvalue weighted by Gasteiger charge is -2.16. The first-order chi connectivity index (χ1) is 15.5. The molecule has 0 N–H and O–H groups in total. The van der Waals surface area contributed by atoms with Crippen LogP contribution in [0.1, 0.15) is 44.4 Å². The van der Waals surface area contributed by atoms with Gasteiger partial charge in [0.15, 0.2) is 0 Å². The largest absolute Gasteiger partial charge is 0.493 e. The van der Waals surface area contributed by atoms with Gasteiger partial charge in [-0.2, -0.15) is 0 Å². The Labute approximate surface area is 195 Å². The Morgan fingerprint density at radius 1 is 1.16 bits per heavy atom. The van der Waals surface area contributed by atoms with Crippen molar-refractivity contribution < 1.29 is 14.3 Å². The maximum Gasteiger partial charge on any atom is 0.306 e. The fourth-order valence-electron chi connectivity index (χ4n) is 3.66. The van der Waals surface area contributed by atoms with Gasteiger partial charge in [0.25, 0.3) is 0 Å². The zero-order valence-electron chi connectivity index (χ0n) is 19.0. The molecule has 32 heavy (non-hydrogen) atoms. The summed E-state index contributed by atoms with van der Waals surface area (Å²) in [7, 11) is 0. The Morgan fingerprint density at radius 2 is 1.91 bits per heavy atom. The van der Waals surface area contributed by atoms with Crippen LogP contribution < -0.4 is 4.74 Å². The predicted octanol–water partition coefficient (Wildman–Crippen LogP) is 6.31. The molecule has 0 radical (unpaired) electrons. The van der Waals surface area contributed by atoms with Crippen LogP contribution in [-0.4, -0.2) is 28.7 Å². The molecule has 3 aromatic rings. The number of para-hydroxylation sites is 1. The molecule has 0 saturated heterocycles. The average molecular weight is 455 g/mol. The molecule has 0 fully saturated rings. The molecule has 1 aromatic heterocycles. The van der Waals surface area contributed by atoms with Crippen molar-refractivity contribution >= 4 is 17.6 Å². The second-order valence-corrected chi connectivity index (χ2v) is 8.47. The molecule has 2 aromatic carbocycles. The molecule has 1 heterocycles. The van der Waals surface area contributed by atoms with E-state index in [4.69, 9.17) is 21.1 Å². The van der Waals surface area contributed by atoms with Gasteiger partial charge in [0.2, 0.25) is 0 Å². The number of carbonyl (C=O) groups excluding carboxylic acids is 1. The van der Waals surface area contributed by atoms with Crippen molar-refractivity contribution in [1.29, 1.82) is 0 Å². The number of hydrogen-bond acceptors (Lipinski definition) is 4. The number of esters is 1. The van der Waals surface area contributed by atoms with E-state index in [2.05, 4.69) is 29.5 Å². The summed E-state index contributed by atoms with van der Waals surface area (Å²) < 4.78 is 13.3. The van der Waals surface area contributed by atoms with Gasteiger partial charge in [0.05, 0.1) is 19.8 Å². The molecular formula is C26H31ClN2O3. The van der Waals surface area contributed by atoms with E-state index in [1.54, 1.807) is 0 Å². The van der Waals surface area contributed by atoms with Crippen molar-refractivity contribution in [2.75, 3.05) is 13.2 Å². The maximum atomic E-state index is 11.6. The summed E-state index contributed by atoms with van der Waals surface area (Å²) in [6.45, 7) is 7.67. The van der Waals surface area contributed by atoms with Crippen LogP contribution in [0, 0.1) is 12.8 Å². The Bertz CT molecular complexity index is 1010. The lowest BCUT2D eigenvalue weighted by molar-refractivity contribution is -0.144. The first-order valence-electron chi connectivity index (χ1n) is 11.1. The number of imidazole rings is 1. The SMILES string of the molecule is CCOC(=O)C[C@H](C)CCCOc1ccccc1Cn1c(C)cnc1-c1ccc(Cl)cc1. The third kappa shape index (κ3) is 6.60. The molecule has 0 amide bonds. The van der Waals surface area contributed by atoms with Gasteiger partial charge in [0.1, 0.15) is 11.6 Å². The normalized spacial score (nSPS) is 11.9. The zero-order chi connectivity index (χ0) is 22.9. The summed E-state index contributed by atoms with van der Waals surface area (Å²) in [6.07, 6.45) is 4.15. The van der Waals surface area contributed by atoms with Gasteiger partial charge >= 0.3 is 5.97 Å². The van der Waals surface area contributed by atoms with E-state index in [9.17, 15) is 4.79 Å². The minimum absolute atomic E-state index is 0.126. The number of nitrogens with zero attached hydrogens (tertiary/aromatic N) is 2. The molecule has 3 rings (SSSR count). The third-order valence-electron chi connectivity index (χ3n) is 5.38. The number of ether oxygens (including phenoxy) is 2. The highest BCUT2D eigenvalue weighted by atomic mass is 35.5. The molecule has 0 aliphatic heterocycles. The topological polar surface area (TPSA) is 53.4 Å². The van der Waals surface area contributed by atoms with E-state index in [0.29, 0.717) is 31.2 Å². The molecule has 5 nitrogen and oxygen atoms in total. The number of carbonyl (C=O) groups is 1. The van der Waals surface area contributed by atoms with Gasteiger partial charge in [0, 0.05) is 34.5 Å². The fourth-order valence-corrected chi connectivity index (χ4v) is 3.78. The van der Waals surface area contributed by atoms with Crippen LogP contribution in [0.3, 0.4) is 0 Å². The quantitative estimate of drug-likeness (QED) is 0.251. The van der Waals surface area contributed by atoms with Gasteiger partial charge in [-0.3, -0.25) is 4.79 Å². The summed E-state index contributed by atoms with van der Waals surface area (Å²) in [6, 6.07) is 15.8. The highest BCUT2D eigenvalue weighted by Gasteiger charge is 2.13. The van der Waals surface area contributed by atoms with Gasteiger partial charge in [-0.1, -0.05) is 36.7 Å². The van der Waals surface area contributed by atoms with E-state index in [0.717, 1.165) is 41.2 Å². The minimum atomic E-state index is -0.126. The summed E-state index contributed by atoms with van der Waals surface area (Å²) in [5, 5.41) is 0.707. The van der Waals surface area contributed by atoms with Crippen molar-refractivity contribution in [1.82, 2.24) is 9.55 Å². The van der Waals surface area contributed by atoms with Crippen molar-refractivity contribution in [2.24, 2.45) is 5.92 Å². The average Bonchev–Trinajstić information content (AvgIpc) is 3.13. The highest BCUT2D eigenvalue weighted by Crippen LogP contribution is 2.26. The van der Waals surface area contributed by atoms with Crippen molar-refractivity contribution in [3.63, 3.8) is 0 Å². The monoisotopic (exact) mass is 454 g/mol. The minimum Gasteiger partial charge on any atom is -0.493 e. The van der Waals surface area contributed by atoms with E-state index < -0.39 is 0 Å². The molecule has 1 atom stereocenters. The molecule has 0 aliphatic carbocycles. The molecule has 170 valence electrons. The van der Waals surface area contributed by atoms with Crippen LogP contribution in [0.2, 0.25) is 5.02 Å². The van der Waals surface area contributed by atoms with Crippen LogP contribution in [0.4, 0.5) is 0 Å². The number of aromatic nitrogens is 2. The van der Waals surface area contributed by atoms with E-state index in [-0.39, 0.29) is 11.9 Å². The Kier molecular flexibility index (Phi) is 8.74. The molecule has 0 spiro atoms. The fraction of sp³-hybridized carbons (Fsp3) is 0.385. The van der Waals surface area contributed by atoms with Gasteiger partial charge < -0.3 is 14.0 Å². The molecule has 0 bridgehead atoms. The predicted molar refractivity (Wildman–Crippen MR) is 128 cm³/mol. The summed E-state index contributed by atoms with van der Waals surface area (Å²) >= 11 is 6.05. The second kappa shape index (κ2) is 11.7. The molecular weight excluding hydrogens is 424 g/mol. The first kappa shape index (κ1) is 23.9. The number of rotatable bonds is 11. The Balaban J connectivity index is 1.62. The zero-order valence-corrected chi connectivity index (χ0v) is 19.8. The van der Waals surface area contributed by atoms with Crippen LogP contribution in [-0.2, 0) is 16.1 Å². The van der Waals surface area contributed by atoms with Crippen LogP contribution in [0.15, 0.2) is 54.7 Å². The number of aryl methyl sites for hydroxylation is 1. The highest BCUT2D eigenvalue weighted by molar-refractivity contribution is 6.30. The summed E-state index contributed by atoms with van der Waals surface area (Å²) in [4.78, 5) is 16.2. The second-order valence-electron chi connectivity index (χ2n) is 8.03.